The van der Waals surface area contributed by atoms with Gasteiger partial charge in [-0.3, -0.25) is 0 Å². The van der Waals surface area contributed by atoms with E-state index in [-0.39, 0.29) is 11.6 Å². The third-order valence-electron chi connectivity index (χ3n) is 4.46. The molecular formula is C18H42N6O. The lowest BCUT2D eigenvalue weighted by Gasteiger charge is -2.27. The van der Waals surface area contributed by atoms with Crippen LogP contribution in [0.4, 0.5) is 4.79 Å². The van der Waals surface area contributed by atoms with E-state index in [0.29, 0.717) is 19.0 Å². The lowest BCUT2D eigenvalue weighted by molar-refractivity contribution is 0.238. The summed E-state index contributed by atoms with van der Waals surface area (Å²) in [6.45, 7) is 12.3. The summed E-state index contributed by atoms with van der Waals surface area (Å²) in [5, 5.41) is 12.5. The molecule has 0 aromatic heterocycles. The zero-order chi connectivity index (χ0) is 19.0. The molecule has 1 unspecified atom stereocenters. The van der Waals surface area contributed by atoms with Gasteiger partial charge in [0.2, 0.25) is 0 Å². The lowest BCUT2D eigenvalue weighted by atomic mass is 9.88. The Labute approximate surface area is 154 Å². The van der Waals surface area contributed by atoms with Gasteiger partial charge in [0.1, 0.15) is 0 Å². The van der Waals surface area contributed by atoms with Crippen molar-refractivity contribution >= 4 is 6.03 Å². The second-order valence-electron chi connectivity index (χ2n) is 7.40. The molecule has 0 aromatic carbocycles. The number of hydrogen-bond acceptors (Lipinski definition) is 5. The highest BCUT2D eigenvalue weighted by molar-refractivity contribution is 5.73. The number of carbonyl (C=O) groups excluding carboxylic acids is 1. The molecule has 0 spiro atoms. The molecule has 0 rings (SSSR count). The molecule has 150 valence electrons. The summed E-state index contributed by atoms with van der Waals surface area (Å²) in [4.78, 5) is 11.7. The van der Waals surface area contributed by atoms with Crippen molar-refractivity contribution in [1.82, 2.24) is 21.3 Å². The first kappa shape index (κ1) is 24.1. The van der Waals surface area contributed by atoms with Crippen LogP contribution in [-0.2, 0) is 0 Å². The Bertz CT molecular complexity index is 319. The van der Waals surface area contributed by atoms with E-state index in [1.807, 2.05) is 13.8 Å². The fraction of sp³-hybridized carbons (Fsp3) is 0.944. The molecule has 2 amide bonds. The molecule has 1 atom stereocenters. The molecule has 0 aliphatic carbocycles. The molecule has 0 saturated carbocycles. The number of urea groups is 1. The van der Waals surface area contributed by atoms with Gasteiger partial charge in [-0.15, -0.1) is 0 Å². The van der Waals surface area contributed by atoms with E-state index in [1.165, 1.54) is 12.8 Å². The van der Waals surface area contributed by atoms with Crippen LogP contribution in [0.15, 0.2) is 0 Å². The molecule has 25 heavy (non-hydrogen) atoms. The van der Waals surface area contributed by atoms with Crippen molar-refractivity contribution < 1.29 is 4.79 Å². The van der Waals surface area contributed by atoms with E-state index in [4.69, 9.17) is 11.5 Å². The number of unbranched alkanes of at least 4 members (excludes halogenated alkanes) is 1. The predicted octanol–water partition coefficient (Wildman–Crippen LogP) is 0.747. The Morgan fingerprint density at radius 3 is 1.96 bits per heavy atom. The van der Waals surface area contributed by atoms with Crippen molar-refractivity contribution in [2.24, 2.45) is 17.4 Å². The first-order chi connectivity index (χ1) is 11.9. The minimum Gasteiger partial charge on any atom is -0.338 e. The molecule has 0 saturated heterocycles. The van der Waals surface area contributed by atoms with Crippen LogP contribution >= 0.6 is 0 Å². The van der Waals surface area contributed by atoms with Gasteiger partial charge < -0.3 is 32.7 Å². The average Bonchev–Trinajstić information content (AvgIpc) is 2.55. The molecule has 8 N–H and O–H groups in total. The predicted molar refractivity (Wildman–Crippen MR) is 107 cm³/mol. The third kappa shape index (κ3) is 16.3. The fourth-order valence-electron chi connectivity index (χ4n) is 2.23. The van der Waals surface area contributed by atoms with E-state index >= 15 is 0 Å². The maximum Gasteiger partial charge on any atom is 0.314 e. The van der Waals surface area contributed by atoms with Crippen molar-refractivity contribution in [2.75, 3.05) is 45.8 Å². The van der Waals surface area contributed by atoms with E-state index in [1.54, 1.807) is 0 Å². The first-order valence-corrected chi connectivity index (χ1v) is 9.80. The average molecular weight is 359 g/mol. The summed E-state index contributed by atoms with van der Waals surface area (Å²) in [5.74, 6) is 0.368. The van der Waals surface area contributed by atoms with Crippen molar-refractivity contribution in [3.63, 3.8) is 0 Å². The van der Waals surface area contributed by atoms with Gasteiger partial charge in [0.05, 0.1) is 0 Å². The fourth-order valence-corrected chi connectivity index (χ4v) is 2.23. The Morgan fingerprint density at radius 1 is 0.880 bits per heavy atom. The second kappa shape index (κ2) is 15.4. The monoisotopic (exact) mass is 358 g/mol. The SMILES string of the molecule is CC(CCNC(=O)NCCCNCCCCNCCCN)C(C)(C)N. The van der Waals surface area contributed by atoms with Gasteiger partial charge in [-0.1, -0.05) is 6.92 Å². The summed E-state index contributed by atoms with van der Waals surface area (Å²) in [6.07, 6.45) is 5.21. The largest absolute Gasteiger partial charge is 0.338 e. The molecule has 0 radical (unpaired) electrons. The van der Waals surface area contributed by atoms with Gasteiger partial charge in [0, 0.05) is 18.6 Å². The van der Waals surface area contributed by atoms with Gasteiger partial charge in [0.15, 0.2) is 0 Å². The van der Waals surface area contributed by atoms with Crippen molar-refractivity contribution in [1.29, 1.82) is 0 Å². The van der Waals surface area contributed by atoms with Gasteiger partial charge in [-0.2, -0.15) is 0 Å². The molecule has 0 heterocycles. The molecule has 0 aliphatic rings. The van der Waals surface area contributed by atoms with Crippen LogP contribution in [0.3, 0.4) is 0 Å². The summed E-state index contributed by atoms with van der Waals surface area (Å²) in [7, 11) is 0. The topological polar surface area (TPSA) is 117 Å². The van der Waals surface area contributed by atoms with Crippen LogP contribution in [-0.4, -0.2) is 57.4 Å². The Kier molecular flexibility index (Phi) is 14.8. The molecule has 0 bridgehead atoms. The highest BCUT2D eigenvalue weighted by Crippen LogP contribution is 2.15. The standard InChI is InChI=1S/C18H42N6O/c1-16(18(2,3)20)8-15-24-17(25)23-14-7-13-22-11-5-4-10-21-12-6-9-19/h16,21-22H,4-15,19-20H2,1-3H3,(H2,23,24,25). The number of hydrogen-bond donors (Lipinski definition) is 6. The second-order valence-corrected chi connectivity index (χ2v) is 7.40. The van der Waals surface area contributed by atoms with Gasteiger partial charge in [0.25, 0.3) is 0 Å². The normalized spacial score (nSPS) is 12.8. The lowest BCUT2D eigenvalue weighted by Crippen LogP contribution is -2.42. The van der Waals surface area contributed by atoms with E-state index in [0.717, 1.165) is 52.0 Å². The van der Waals surface area contributed by atoms with Gasteiger partial charge in [-0.25, -0.2) is 4.79 Å². The number of amides is 2. The quantitative estimate of drug-likeness (QED) is 0.228. The Balaban J connectivity index is 3.30. The van der Waals surface area contributed by atoms with Crippen molar-refractivity contribution in [3.05, 3.63) is 0 Å². The third-order valence-corrected chi connectivity index (χ3v) is 4.46. The number of carbonyl (C=O) groups is 1. The smallest absolute Gasteiger partial charge is 0.314 e. The Morgan fingerprint density at radius 2 is 1.40 bits per heavy atom. The molecule has 0 aromatic rings. The van der Waals surface area contributed by atoms with Crippen LogP contribution < -0.4 is 32.7 Å². The van der Waals surface area contributed by atoms with Crippen LogP contribution in [0.5, 0.6) is 0 Å². The summed E-state index contributed by atoms with van der Waals surface area (Å²) in [6, 6.07) is -0.0921. The number of nitrogens with one attached hydrogen (secondary N) is 4. The summed E-state index contributed by atoms with van der Waals surface area (Å²) < 4.78 is 0. The van der Waals surface area contributed by atoms with Gasteiger partial charge >= 0.3 is 6.03 Å². The minimum atomic E-state index is -0.204. The summed E-state index contributed by atoms with van der Waals surface area (Å²) >= 11 is 0. The van der Waals surface area contributed by atoms with Crippen LogP contribution in [0.2, 0.25) is 0 Å². The number of nitrogens with two attached hydrogens (primary N) is 2. The minimum absolute atomic E-state index is 0.0921. The highest BCUT2D eigenvalue weighted by atomic mass is 16.2. The molecule has 0 fully saturated rings. The van der Waals surface area contributed by atoms with Crippen LogP contribution in [0.1, 0.15) is 52.9 Å². The first-order valence-electron chi connectivity index (χ1n) is 9.80. The van der Waals surface area contributed by atoms with E-state index in [2.05, 4.69) is 28.2 Å². The van der Waals surface area contributed by atoms with Crippen LogP contribution in [0.25, 0.3) is 0 Å². The maximum absolute atomic E-state index is 11.7. The zero-order valence-electron chi connectivity index (χ0n) is 16.6. The zero-order valence-corrected chi connectivity index (χ0v) is 16.6. The Hall–Kier alpha value is -0.890. The summed E-state index contributed by atoms with van der Waals surface area (Å²) in [5.41, 5.74) is 11.3. The van der Waals surface area contributed by atoms with Gasteiger partial charge in [-0.05, 0) is 84.6 Å². The maximum atomic E-state index is 11.7. The molecule has 7 nitrogen and oxygen atoms in total. The highest BCUT2D eigenvalue weighted by Gasteiger charge is 2.19. The van der Waals surface area contributed by atoms with Crippen LogP contribution in [0, 0.1) is 5.92 Å². The number of rotatable bonds is 16. The molecule has 0 aliphatic heterocycles. The molecule has 7 heteroatoms. The van der Waals surface area contributed by atoms with E-state index < -0.39 is 0 Å². The van der Waals surface area contributed by atoms with Crippen molar-refractivity contribution in [3.8, 4) is 0 Å². The van der Waals surface area contributed by atoms with Crippen molar-refractivity contribution in [2.45, 2.75) is 58.4 Å². The molecular weight excluding hydrogens is 316 g/mol. The van der Waals surface area contributed by atoms with E-state index in [9.17, 15) is 4.79 Å².